The summed E-state index contributed by atoms with van der Waals surface area (Å²) in [4.78, 5) is 24.3. The number of aromatic nitrogens is 2. The molecule has 0 spiro atoms. The zero-order valence-electron chi connectivity index (χ0n) is 17.4. The molecule has 0 atom stereocenters. The topological polar surface area (TPSA) is 116 Å². The van der Waals surface area contributed by atoms with Crippen molar-refractivity contribution in [3.8, 4) is 5.75 Å². The van der Waals surface area contributed by atoms with Crippen molar-refractivity contribution in [3.63, 3.8) is 0 Å². The lowest BCUT2D eigenvalue weighted by Gasteiger charge is -2.10. The third-order valence-electron chi connectivity index (χ3n) is 3.31. The standard InChI is InChI=1S/C17H16FN5O.C3H6.2CH2O/c1-19-11-3-2-4-12(7-11)22-16-9-17(21-10-20-16)23-13-5-6-14(18)15(24)8-13;1-3-2;2*1-2/h2-10,19,24H,1H3,(H2,20,21,22,23);3H,1H2,2H3;2*1H2. The van der Waals surface area contributed by atoms with Gasteiger partial charge in [0.2, 0.25) is 0 Å². The molecule has 4 N–H and O–H groups in total. The number of nitrogens with one attached hydrogen (secondary N) is 3. The highest BCUT2D eigenvalue weighted by molar-refractivity contribution is 5.66. The van der Waals surface area contributed by atoms with E-state index >= 15 is 0 Å². The normalized spacial score (nSPS) is 8.61. The molecule has 0 radical (unpaired) electrons. The lowest BCUT2D eigenvalue weighted by molar-refractivity contribution is -0.0987. The molecule has 31 heavy (non-hydrogen) atoms. The second-order valence-corrected chi connectivity index (χ2v) is 5.44. The molecule has 2 aromatic carbocycles. The number of nitrogens with zero attached hydrogens (tertiary/aromatic N) is 2. The Hall–Kier alpha value is -4.27. The molecule has 0 aliphatic heterocycles. The van der Waals surface area contributed by atoms with Gasteiger partial charge in [-0.2, -0.15) is 0 Å². The van der Waals surface area contributed by atoms with Crippen LogP contribution in [0.25, 0.3) is 0 Å². The van der Waals surface area contributed by atoms with Crippen molar-refractivity contribution < 1.29 is 19.1 Å². The molecule has 164 valence electrons. The van der Waals surface area contributed by atoms with Gasteiger partial charge in [-0.1, -0.05) is 12.1 Å². The Kier molecular flexibility index (Phi) is 13.5. The van der Waals surface area contributed by atoms with Crippen LogP contribution in [0.1, 0.15) is 6.92 Å². The lowest BCUT2D eigenvalue weighted by atomic mass is 10.2. The minimum Gasteiger partial charge on any atom is -0.505 e. The molecule has 0 aliphatic carbocycles. The van der Waals surface area contributed by atoms with Gasteiger partial charge in [0, 0.05) is 36.2 Å². The highest BCUT2D eigenvalue weighted by atomic mass is 19.1. The van der Waals surface area contributed by atoms with E-state index < -0.39 is 11.6 Å². The molecule has 9 heteroatoms. The molecule has 8 nitrogen and oxygen atoms in total. The van der Waals surface area contributed by atoms with Crippen LogP contribution >= 0.6 is 0 Å². The number of carbonyl (C=O) groups is 2. The fourth-order valence-electron chi connectivity index (χ4n) is 2.13. The van der Waals surface area contributed by atoms with E-state index in [1.807, 2.05) is 51.8 Å². The van der Waals surface area contributed by atoms with Gasteiger partial charge in [0.05, 0.1) is 0 Å². The van der Waals surface area contributed by atoms with E-state index in [2.05, 4.69) is 32.5 Å². The first-order valence-corrected chi connectivity index (χ1v) is 8.83. The molecule has 1 aromatic heterocycles. The zero-order chi connectivity index (χ0) is 23.6. The summed E-state index contributed by atoms with van der Waals surface area (Å²) in [6.45, 7) is 9.25. The maximum atomic E-state index is 13.1. The second-order valence-electron chi connectivity index (χ2n) is 5.44. The molecule has 0 unspecified atom stereocenters. The van der Waals surface area contributed by atoms with E-state index in [-0.39, 0.29) is 0 Å². The molecular weight excluding hydrogens is 401 g/mol. The van der Waals surface area contributed by atoms with Crippen molar-refractivity contribution in [2.45, 2.75) is 6.92 Å². The predicted molar refractivity (Wildman–Crippen MR) is 123 cm³/mol. The Labute approximate surface area is 180 Å². The Balaban J connectivity index is 0.00000116. The molecule has 0 saturated carbocycles. The van der Waals surface area contributed by atoms with Crippen LogP contribution in [0.15, 0.2) is 67.5 Å². The number of carbonyl (C=O) groups excluding carboxylic acids is 2. The van der Waals surface area contributed by atoms with Crippen LogP contribution in [0.5, 0.6) is 5.75 Å². The monoisotopic (exact) mass is 427 g/mol. The van der Waals surface area contributed by atoms with Gasteiger partial charge in [0.1, 0.15) is 31.5 Å². The Morgan fingerprint density at radius 2 is 1.42 bits per heavy atom. The summed E-state index contributed by atoms with van der Waals surface area (Å²) in [5.74, 6) is 0.0293. The first kappa shape index (κ1) is 26.7. The largest absolute Gasteiger partial charge is 0.505 e. The molecular formula is C22H26FN5O3. The number of halogens is 1. The molecule has 0 fully saturated rings. The maximum absolute atomic E-state index is 13.1. The minimum absolute atomic E-state index is 0.420. The van der Waals surface area contributed by atoms with Crippen molar-refractivity contribution in [1.82, 2.24) is 9.97 Å². The SMILES string of the molecule is C=CC.C=O.C=O.CNc1cccc(Nc2cc(Nc3ccc(F)c(O)c3)ncn2)c1. The Morgan fingerprint density at radius 1 is 0.903 bits per heavy atom. The fraction of sp³-hybridized carbons (Fsp3) is 0.0909. The van der Waals surface area contributed by atoms with Gasteiger partial charge < -0.3 is 30.6 Å². The molecule has 0 saturated heterocycles. The number of phenols is 1. The lowest BCUT2D eigenvalue weighted by Crippen LogP contribution is -1.99. The van der Waals surface area contributed by atoms with Crippen LogP contribution < -0.4 is 16.0 Å². The highest BCUT2D eigenvalue weighted by Gasteiger charge is 2.04. The van der Waals surface area contributed by atoms with Crippen LogP contribution in [-0.2, 0) is 9.59 Å². The number of aromatic hydroxyl groups is 1. The van der Waals surface area contributed by atoms with Crippen LogP contribution in [0.3, 0.4) is 0 Å². The van der Waals surface area contributed by atoms with Crippen molar-refractivity contribution >= 4 is 42.3 Å². The molecule has 3 aromatic rings. The highest BCUT2D eigenvalue weighted by Crippen LogP contribution is 2.24. The molecule has 3 rings (SSSR count). The van der Waals surface area contributed by atoms with Gasteiger partial charge >= 0.3 is 0 Å². The van der Waals surface area contributed by atoms with Crippen LogP contribution in [0.4, 0.5) is 33.1 Å². The first-order valence-electron chi connectivity index (χ1n) is 8.83. The number of phenolic OH excluding ortho intramolecular Hbond substituents is 1. The van der Waals surface area contributed by atoms with Crippen molar-refractivity contribution in [2.24, 2.45) is 0 Å². The van der Waals surface area contributed by atoms with Crippen LogP contribution in [0, 0.1) is 5.82 Å². The zero-order valence-corrected chi connectivity index (χ0v) is 17.4. The Bertz CT molecular complexity index is 939. The summed E-state index contributed by atoms with van der Waals surface area (Å²) in [6, 6.07) is 13.5. The van der Waals surface area contributed by atoms with E-state index in [1.54, 1.807) is 12.1 Å². The van der Waals surface area contributed by atoms with Crippen molar-refractivity contribution in [1.29, 1.82) is 0 Å². The van der Waals surface area contributed by atoms with Gasteiger partial charge in [-0.05, 0) is 37.3 Å². The summed E-state index contributed by atoms with van der Waals surface area (Å²) in [6.07, 6.45) is 3.16. The van der Waals surface area contributed by atoms with Crippen LogP contribution in [-0.4, -0.2) is 35.7 Å². The predicted octanol–water partition coefficient (Wildman–Crippen LogP) is 4.67. The van der Waals surface area contributed by atoms with E-state index in [0.717, 1.165) is 11.4 Å². The first-order chi connectivity index (χ1) is 15.0. The number of hydrogen-bond acceptors (Lipinski definition) is 8. The average molecular weight is 427 g/mol. The summed E-state index contributed by atoms with van der Waals surface area (Å²) in [7, 11) is 1.85. The summed E-state index contributed by atoms with van der Waals surface area (Å²) in [5.41, 5.74) is 2.39. The van der Waals surface area contributed by atoms with Crippen molar-refractivity contribution in [3.05, 3.63) is 73.3 Å². The Morgan fingerprint density at radius 3 is 1.94 bits per heavy atom. The number of benzene rings is 2. The van der Waals surface area contributed by atoms with Crippen LogP contribution in [0.2, 0.25) is 0 Å². The van der Waals surface area contributed by atoms with E-state index in [1.165, 1.54) is 24.5 Å². The summed E-state index contributed by atoms with van der Waals surface area (Å²) < 4.78 is 13.1. The fourth-order valence-corrected chi connectivity index (χ4v) is 2.13. The quantitative estimate of drug-likeness (QED) is 0.434. The maximum Gasteiger partial charge on any atom is 0.164 e. The minimum atomic E-state index is -0.671. The van der Waals surface area contributed by atoms with Gasteiger partial charge in [-0.15, -0.1) is 6.58 Å². The van der Waals surface area contributed by atoms with E-state index in [9.17, 15) is 9.50 Å². The molecule has 0 amide bonds. The second kappa shape index (κ2) is 15.6. The molecule has 0 bridgehead atoms. The third-order valence-corrected chi connectivity index (χ3v) is 3.31. The van der Waals surface area contributed by atoms with Gasteiger partial charge in [-0.25, -0.2) is 14.4 Å². The third kappa shape index (κ3) is 9.66. The van der Waals surface area contributed by atoms with Crippen molar-refractivity contribution in [2.75, 3.05) is 23.0 Å². The summed E-state index contributed by atoms with van der Waals surface area (Å²) in [5, 5.41) is 18.7. The van der Waals surface area contributed by atoms with Gasteiger partial charge in [-0.3, -0.25) is 0 Å². The number of hydrogen-bond donors (Lipinski definition) is 4. The molecule has 1 heterocycles. The average Bonchev–Trinajstić information content (AvgIpc) is 2.80. The number of anilines is 5. The smallest absolute Gasteiger partial charge is 0.164 e. The van der Waals surface area contributed by atoms with Gasteiger partial charge in [0.25, 0.3) is 0 Å². The van der Waals surface area contributed by atoms with E-state index in [4.69, 9.17) is 9.59 Å². The number of rotatable bonds is 5. The molecule has 0 aliphatic rings. The summed E-state index contributed by atoms with van der Waals surface area (Å²) >= 11 is 0. The van der Waals surface area contributed by atoms with E-state index in [0.29, 0.717) is 17.3 Å². The van der Waals surface area contributed by atoms with Gasteiger partial charge in [0.15, 0.2) is 11.6 Å². The number of allylic oxidation sites excluding steroid dienone is 1.